The van der Waals surface area contributed by atoms with Gasteiger partial charge in [0.25, 0.3) is 10.0 Å². The van der Waals surface area contributed by atoms with Gasteiger partial charge >= 0.3 is 6.36 Å². The van der Waals surface area contributed by atoms with Crippen LogP contribution in [0.4, 0.5) is 22.7 Å². The minimum Gasteiger partial charge on any atom is -0.406 e. The van der Waals surface area contributed by atoms with Gasteiger partial charge in [-0.15, -0.1) is 13.2 Å². The van der Waals surface area contributed by atoms with Crippen LogP contribution in [0.25, 0.3) is 10.9 Å². The van der Waals surface area contributed by atoms with Crippen LogP contribution in [0, 0.1) is 12.7 Å². The molecule has 33 heavy (non-hydrogen) atoms. The molecule has 174 valence electrons. The lowest BCUT2D eigenvalue weighted by Gasteiger charge is -2.12. The van der Waals surface area contributed by atoms with Crippen LogP contribution in [0.5, 0.6) is 5.75 Å². The Morgan fingerprint density at radius 2 is 2.00 bits per heavy atom. The molecule has 2 aromatic heterocycles. The van der Waals surface area contributed by atoms with E-state index in [4.69, 9.17) is 11.6 Å². The molecule has 0 spiro atoms. The van der Waals surface area contributed by atoms with E-state index in [1.165, 1.54) is 18.2 Å². The van der Waals surface area contributed by atoms with Crippen LogP contribution < -0.4 is 9.46 Å². The topological polar surface area (TPSA) is 86.1 Å². The second-order valence-corrected chi connectivity index (χ2v) is 9.73. The normalized spacial score (nSPS) is 12.3. The van der Waals surface area contributed by atoms with Gasteiger partial charge < -0.3 is 9.30 Å². The third kappa shape index (κ3) is 5.04. The van der Waals surface area contributed by atoms with Crippen LogP contribution in [-0.2, 0) is 16.6 Å². The largest absolute Gasteiger partial charge is 0.573 e. The van der Waals surface area contributed by atoms with Crippen LogP contribution in [0.1, 0.15) is 11.1 Å². The highest BCUT2D eigenvalue weighted by Gasteiger charge is 2.31. The van der Waals surface area contributed by atoms with Gasteiger partial charge in [0.05, 0.1) is 0 Å². The van der Waals surface area contributed by atoms with Crippen LogP contribution in [0.15, 0.2) is 47.8 Å². The molecule has 0 radical (unpaired) electrons. The van der Waals surface area contributed by atoms with E-state index in [0.29, 0.717) is 16.5 Å². The summed E-state index contributed by atoms with van der Waals surface area (Å²) in [5.41, 5.74) is 1.50. The lowest BCUT2D eigenvalue weighted by Crippen LogP contribution is -2.17. The van der Waals surface area contributed by atoms with Gasteiger partial charge in [-0.25, -0.2) is 17.8 Å². The van der Waals surface area contributed by atoms with E-state index >= 15 is 0 Å². The van der Waals surface area contributed by atoms with Gasteiger partial charge in [0.2, 0.25) is 5.13 Å². The van der Waals surface area contributed by atoms with E-state index in [1.54, 1.807) is 17.7 Å². The first-order valence-electron chi connectivity index (χ1n) is 9.05. The summed E-state index contributed by atoms with van der Waals surface area (Å²) < 4.78 is 88.6. The molecule has 0 amide bonds. The number of aromatic nitrogens is 3. The zero-order valence-electron chi connectivity index (χ0n) is 16.5. The highest BCUT2D eigenvalue weighted by atomic mass is 35.5. The smallest absolute Gasteiger partial charge is 0.406 e. The molecule has 0 fully saturated rings. The van der Waals surface area contributed by atoms with Crippen molar-refractivity contribution in [3.63, 3.8) is 0 Å². The molecule has 0 bridgehead atoms. The lowest BCUT2D eigenvalue weighted by molar-refractivity contribution is -0.274. The molecule has 14 heteroatoms. The molecule has 0 aliphatic rings. The van der Waals surface area contributed by atoms with Crippen LogP contribution in [-0.4, -0.2) is 28.7 Å². The summed E-state index contributed by atoms with van der Waals surface area (Å²) in [6, 6.07) is 5.86. The zero-order valence-corrected chi connectivity index (χ0v) is 18.9. The average Bonchev–Trinajstić information content (AvgIpc) is 3.31. The van der Waals surface area contributed by atoms with Crippen molar-refractivity contribution in [1.82, 2.24) is 13.9 Å². The van der Waals surface area contributed by atoms with E-state index in [0.717, 1.165) is 30.0 Å². The van der Waals surface area contributed by atoms with E-state index in [2.05, 4.69) is 18.8 Å². The number of hydrogen-bond acceptors (Lipinski definition) is 6. The second-order valence-electron chi connectivity index (χ2n) is 6.89. The standard InChI is InChI=1S/C19H13ClF4N4O3S2/c1-10-7-28(16-3-2-12(5-13(10)16)31-19(22,23)24)8-11-4-15(21)17(6-14(11)20)33(29,30)27-18-25-9-26-32-18/h2-7,9H,8H2,1H3,(H,25,26,27). The monoisotopic (exact) mass is 520 g/mol. The van der Waals surface area contributed by atoms with E-state index in [9.17, 15) is 26.0 Å². The minimum absolute atomic E-state index is 0.00873. The molecular formula is C19H13ClF4N4O3S2. The van der Waals surface area contributed by atoms with Crippen molar-refractivity contribution < 1.29 is 30.7 Å². The summed E-state index contributed by atoms with van der Waals surface area (Å²) >= 11 is 7.04. The van der Waals surface area contributed by atoms with Crippen molar-refractivity contribution >= 4 is 49.2 Å². The lowest BCUT2D eigenvalue weighted by atomic mass is 10.2. The summed E-state index contributed by atoms with van der Waals surface area (Å²) in [5.74, 6) is -1.39. The number of rotatable bonds is 6. The molecular weight excluding hydrogens is 508 g/mol. The number of aryl methyl sites for hydroxylation is 1. The Balaban J connectivity index is 1.65. The van der Waals surface area contributed by atoms with Gasteiger partial charge in [0, 0.05) is 40.2 Å². The number of anilines is 1. The Bertz CT molecular complexity index is 1440. The van der Waals surface area contributed by atoms with Crippen molar-refractivity contribution in [1.29, 1.82) is 0 Å². The molecule has 2 aromatic carbocycles. The Labute approximate surface area is 193 Å². The summed E-state index contributed by atoms with van der Waals surface area (Å²) in [4.78, 5) is 3.04. The number of halogens is 5. The second kappa shape index (κ2) is 8.47. The van der Waals surface area contributed by atoms with Crippen LogP contribution >= 0.6 is 23.1 Å². The molecule has 4 rings (SSSR count). The van der Waals surface area contributed by atoms with Crippen LogP contribution in [0.3, 0.4) is 0 Å². The average molecular weight is 521 g/mol. The third-order valence-electron chi connectivity index (χ3n) is 4.60. The molecule has 1 N–H and O–H groups in total. The predicted octanol–water partition coefficient (Wildman–Crippen LogP) is 5.34. The molecule has 4 aromatic rings. The molecule has 0 unspecified atom stereocenters. The Kier molecular flexibility index (Phi) is 5.97. The number of alkyl halides is 3. The highest BCUT2D eigenvalue weighted by molar-refractivity contribution is 7.93. The molecule has 7 nitrogen and oxygen atoms in total. The number of ether oxygens (including phenoxy) is 1. The molecule has 0 atom stereocenters. The summed E-state index contributed by atoms with van der Waals surface area (Å²) in [6.45, 7) is 1.75. The molecule has 0 aliphatic carbocycles. The van der Waals surface area contributed by atoms with Gasteiger partial charge in [-0.1, -0.05) is 11.6 Å². The first-order valence-corrected chi connectivity index (χ1v) is 11.7. The maximum absolute atomic E-state index is 14.7. The van der Waals surface area contributed by atoms with Gasteiger partial charge in [-0.2, -0.15) is 4.37 Å². The Hall–Kier alpha value is -2.90. The Morgan fingerprint density at radius 3 is 2.67 bits per heavy atom. The summed E-state index contributed by atoms with van der Waals surface area (Å²) in [7, 11) is -4.29. The van der Waals surface area contributed by atoms with Crippen molar-refractivity contribution in [2.24, 2.45) is 0 Å². The van der Waals surface area contributed by atoms with Crippen molar-refractivity contribution in [2.45, 2.75) is 24.7 Å². The number of fused-ring (bicyclic) bond motifs is 1. The summed E-state index contributed by atoms with van der Waals surface area (Å²) in [5, 5.41) is 0.470. The number of sulfonamides is 1. The first-order chi connectivity index (χ1) is 15.4. The first kappa shape index (κ1) is 23.3. The molecule has 0 saturated heterocycles. The predicted molar refractivity (Wildman–Crippen MR) is 115 cm³/mol. The fourth-order valence-electron chi connectivity index (χ4n) is 3.25. The van der Waals surface area contributed by atoms with E-state index < -0.39 is 27.1 Å². The van der Waals surface area contributed by atoms with Gasteiger partial charge in [-0.3, -0.25) is 4.72 Å². The van der Waals surface area contributed by atoms with Gasteiger partial charge in [0.15, 0.2) is 0 Å². The minimum atomic E-state index is -4.82. The SMILES string of the molecule is Cc1cn(Cc2cc(F)c(S(=O)(=O)Nc3ncns3)cc2Cl)c2ccc(OC(F)(F)F)cc12. The fourth-order valence-corrected chi connectivity index (χ4v) is 5.29. The third-order valence-corrected chi connectivity index (χ3v) is 7.01. The fraction of sp³-hybridized carbons (Fsp3) is 0.158. The van der Waals surface area contributed by atoms with E-state index in [1.807, 2.05) is 0 Å². The quantitative estimate of drug-likeness (QED) is 0.347. The van der Waals surface area contributed by atoms with Crippen LogP contribution in [0.2, 0.25) is 5.02 Å². The molecule has 0 saturated carbocycles. The van der Waals surface area contributed by atoms with Crippen molar-refractivity contribution in [2.75, 3.05) is 4.72 Å². The van der Waals surface area contributed by atoms with Gasteiger partial charge in [-0.05, 0) is 48.4 Å². The zero-order chi connectivity index (χ0) is 24.0. The van der Waals surface area contributed by atoms with Gasteiger partial charge in [0.1, 0.15) is 22.8 Å². The Morgan fingerprint density at radius 1 is 1.24 bits per heavy atom. The number of nitrogens with zero attached hydrogens (tertiary/aromatic N) is 3. The van der Waals surface area contributed by atoms with Crippen molar-refractivity contribution in [3.05, 3.63) is 64.8 Å². The molecule has 0 aliphatic heterocycles. The maximum atomic E-state index is 14.7. The number of nitrogens with one attached hydrogen (secondary N) is 1. The number of hydrogen-bond donors (Lipinski definition) is 1. The van der Waals surface area contributed by atoms with E-state index in [-0.39, 0.29) is 28.0 Å². The number of benzene rings is 2. The maximum Gasteiger partial charge on any atom is 0.573 e. The molecule has 2 heterocycles. The highest BCUT2D eigenvalue weighted by Crippen LogP contribution is 2.31. The summed E-state index contributed by atoms with van der Waals surface area (Å²) in [6.07, 6.45) is -2.00. The van der Waals surface area contributed by atoms with Crippen molar-refractivity contribution in [3.8, 4) is 5.75 Å².